The second-order valence-corrected chi connectivity index (χ2v) is 4.24. The minimum absolute atomic E-state index is 0.830. The Kier molecular flexibility index (Phi) is 4.07. The Balaban J connectivity index is 2.16. The summed E-state index contributed by atoms with van der Waals surface area (Å²) in [6.45, 7) is 4.63. The Hall–Kier alpha value is -0.0400. The summed E-state index contributed by atoms with van der Waals surface area (Å²) in [4.78, 5) is 2.57. The van der Waals surface area contributed by atoms with Gasteiger partial charge in [-0.3, -0.25) is 0 Å². The molecule has 72 valence electrons. The molecule has 1 fully saturated rings. The van der Waals surface area contributed by atoms with Crippen molar-refractivity contribution in [2.24, 2.45) is 0 Å². The van der Waals surface area contributed by atoms with E-state index in [1.807, 2.05) is 0 Å². The predicted molar refractivity (Wildman–Crippen MR) is 54.4 cm³/mol. The molecule has 1 rings (SSSR count). The molecule has 0 bridgehead atoms. The molecule has 0 amide bonds. The fourth-order valence-electron chi connectivity index (χ4n) is 2.18. The molecule has 1 aliphatic heterocycles. The Morgan fingerprint density at radius 1 is 1.25 bits per heavy atom. The van der Waals surface area contributed by atoms with Crippen LogP contribution in [0.4, 0.5) is 0 Å². The highest BCUT2D eigenvalue weighted by Gasteiger charge is 2.25. The molecule has 1 nitrogen and oxygen atoms in total. The van der Waals surface area contributed by atoms with E-state index in [1.54, 1.807) is 0 Å². The van der Waals surface area contributed by atoms with Gasteiger partial charge in [0.1, 0.15) is 0 Å². The topological polar surface area (TPSA) is 3.24 Å². The van der Waals surface area contributed by atoms with Crippen LogP contribution in [0.5, 0.6) is 0 Å². The van der Waals surface area contributed by atoms with E-state index in [0.717, 1.165) is 12.1 Å². The second kappa shape index (κ2) is 4.86. The first-order chi connectivity index (χ1) is 5.75. The zero-order valence-corrected chi connectivity index (χ0v) is 8.84. The van der Waals surface area contributed by atoms with Crippen molar-refractivity contribution in [2.45, 2.75) is 64.5 Å². The van der Waals surface area contributed by atoms with Crippen LogP contribution >= 0.6 is 0 Å². The van der Waals surface area contributed by atoms with Crippen LogP contribution in [0.15, 0.2) is 0 Å². The lowest BCUT2D eigenvalue weighted by molar-refractivity contribution is 0.239. The molecule has 0 aromatic rings. The normalized spacial score (nSPS) is 31.2. The monoisotopic (exact) mass is 169 g/mol. The fraction of sp³-hybridized carbons (Fsp3) is 1.00. The summed E-state index contributed by atoms with van der Waals surface area (Å²) >= 11 is 0. The molecule has 0 N–H and O–H groups in total. The van der Waals surface area contributed by atoms with Gasteiger partial charge in [0.25, 0.3) is 0 Å². The van der Waals surface area contributed by atoms with Crippen LogP contribution in [0, 0.1) is 0 Å². The van der Waals surface area contributed by atoms with Crippen molar-refractivity contribution >= 4 is 0 Å². The second-order valence-electron chi connectivity index (χ2n) is 4.24. The summed E-state index contributed by atoms with van der Waals surface area (Å²) in [6, 6.07) is 1.73. The maximum absolute atomic E-state index is 2.57. The van der Waals surface area contributed by atoms with E-state index in [-0.39, 0.29) is 0 Å². The number of hydrogen-bond donors (Lipinski definition) is 0. The molecule has 2 unspecified atom stereocenters. The molecule has 0 aromatic carbocycles. The molecular formula is C11H23N. The summed E-state index contributed by atoms with van der Waals surface area (Å²) in [7, 11) is 2.29. The van der Waals surface area contributed by atoms with Crippen LogP contribution in [-0.4, -0.2) is 24.0 Å². The van der Waals surface area contributed by atoms with Crippen LogP contribution in [0.2, 0.25) is 0 Å². The third-order valence-electron chi connectivity index (χ3n) is 3.33. The van der Waals surface area contributed by atoms with E-state index >= 15 is 0 Å². The lowest BCUT2D eigenvalue weighted by Gasteiger charge is -2.23. The van der Waals surface area contributed by atoms with Gasteiger partial charge in [0.15, 0.2) is 0 Å². The SMILES string of the molecule is CCCCCC1CCC(C)N1C. The van der Waals surface area contributed by atoms with Crippen LogP contribution in [0.3, 0.4) is 0 Å². The quantitative estimate of drug-likeness (QED) is 0.585. The number of nitrogens with zero attached hydrogens (tertiary/aromatic N) is 1. The van der Waals surface area contributed by atoms with Crippen LogP contribution in [-0.2, 0) is 0 Å². The van der Waals surface area contributed by atoms with Crippen molar-refractivity contribution in [1.82, 2.24) is 4.90 Å². The Labute approximate surface area is 77.1 Å². The van der Waals surface area contributed by atoms with Crippen molar-refractivity contribution in [3.63, 3.8) is 0 Å². The Morgan fingerprint density at radius 3 is 2.50 bits per heavy atom. The fourth-order valence-corrected chi connectivity index (χ4v) is 2.18. The van der Waals surface area contributed by atoms with Gasteiger partial charge in [0, 0.05) is 12.1 Å². The lowest BCUT2D eigenvalue weighted by Crippen LogP contribution is -2.30. The van der Waals surface area contributed by atoms with Gasteiger partial charge in [-0.2, -0.15) is 0 Å². The number of rotatable bonds is 4. The third-order valence-corrected chi connectivity index (χ3v) is 3.33. The van der Waals surface area contributed by atoms with Gasteiger partial charge in [-0.15, -0.1) is 0 Å². The van der Waals surface area contributed by atoms with Crippen molar-refractivity contribution < 1.29 is 0 Å². The van der Waals surface area contributed by atoms with Gasteiger partial charge < -0.3 is 4.90 Å². The number of hydrogen-bond acceptors (Lipinski definition) is 1. The summed E-state index contributed by atoms with van der Waals surface area (Å²) < 4.78 is 0. The average molecular weight is 169 g/mol. The molecule has 0 radical (unpaired) electrons. The average Bonchev–Trinajstić information content (AvgIpc) is 2.36. The van der Waals surface area contributed by atoms with Crippen LogP contribution in [0.1, 0.15) is 52.4 Å². The van der Waals surface area contributed by atoms with E-state index in [2.05, 4.69) is 25.8 Å². The maximum Gasteiger partial charge on any atom is 0.00956 e. The third kappa shape index (κ3) is 2.48. The van der Waals surface area contributed by atoms with Gasteiger partial charge in [0.2, 0.25) is 0 Å². The maximum atomic E-state index is 2.57. The first kappa shape index (κ1) is 10.0. The predicted octanol–water partition coefficient (Wildman–Crippen LogP) is 3.05. The first-order valence-corrected chi connectivity index (χ1v) is 5.47. The molecule has 1 heteroatoms. The highest BCUT2D eigenvalue weighted by Crippen LogP contribution is 2.25. The molecule has 2 atom stereocenters. The van der Waals surface area contributed by atoms with Crippen molar-refractivity contribution in [3.8, 4) is 0 Å². The van der Waals surface area contributed by atoms with E-state index in [4.69, 9.17) is 0 Å². The molecule has 0 saturated carbocycles. The molecule has 12 heavy (non-hydrogen) atoms. The Morgan fingerprint density at radius 2 is 2.00 bits per heavy atom. The zero-order valence-electron chi connectivity index (χ0n) is 8.84. The summed E-state index contributed by atoms with van der Waals surface area (Å²) in [6.07, 6.45) is 8.46. The molecular weight excluding hydrogens is 146 g/mol. The molecule has 0 spiro atoms. The van der Waals surface area contributed by atoms with Gasteiger partial charge >= 0.3 is 0 Å². The van der Waals surface area contributed by atoms with Gasteiger partial charge in [-0.25, -0.2) is 0 Å². The smallest absolute Gasteiger partial charge is 0.00956 e. The van der Waals surface area contributed by atoms with E-state index < -0.39 is 0 Å². The summed E-state index contributed by atoms with van der Waals surface area (Å²) in [5.74, 6) is 0. The molecule has 0 aliphatic carbocycles. The molecule has 1 heterocycles. The van der Waals surface area contributed by atoms with Gasteiger partial charge in [0.05, 0.1) is 0 Å². The number of likely N-dealkylation sites (tertiary alicyclic amines) is 1. The Bertz CT molecular complexity index is 122. The zero-order chi connectivity index (χ0) is 8.97. The van der Waals surface area contributed by atoms with E-state index in [9.17, 15) is 0 Å². The van der Waals surface area contributed by atoms with Gasteiger partial charge in [-0.1, -0.05) is 26.2 Å². The van der Waals surface area contributed by atoms with Gasteiger partial charge in [-0.05, 0) is 33.2 Å². The van der Waals surface area contributed by atoms with Crippen molar-refractivity contribution in [3.05, 3.63) is 0 Å². The minimum atomic E-state index is 0.830. The number of unbranched alkanes of at least 4 members (excludes halogenated alkanes) is 2. The van der Waals surface area contributed by atoms with E-state index in [0.29, 0.717) is 0 Å². The molecule has 0 aromatic heterocycles. The first-order valence-electron chi connectivity index (χ1n) is 5.47. The summed E-state index contributed by atoms with van der Waals surface area (Å²) in [5.41, 5.74) is 0. The lowest BCUT2D eigenvalue weighted by atomic mass is 10.1. The largest absolute Gasteiger partial charge is 0.301 e. The van der Waals surface area contributed by atoms with E-state index in [1.165, 1.54) is 38.5 Å². The molecule has 1 aliphatic rings. The highest BCUT2D eigenvalue weighted by atomic mass is 15.2. The standard InChI is InChI=1S/C11H23N/c1-4-5-6-7-11-9-8-10(2)12(11)3/h10-11H,4-9H2,1-3H3. The minimum Gasteiger partial charge on any atom is -0.301 e. The highest BCUT2D eigenvalue weighted by molar-refractivity contribution is 4.82. The molecule has 1 saturated heterocycles. The summed E-state index contributed by atoms with van der Waals surface area (Å²) in [5, 5.41) is 0. The van der Waals surface area contributed by atoms with Crippen molar-refractivity contribution in [1.29, 1.82) is 0 Å². The van der Waals surface area contributed by atoms with Crippen LogP contribution in [0.25, 0.3) is 0 Å². The van der Waals surface area contributed by atoms with Crippen molar-refractivity contribution in [2.75, 3.05) is 7.05 Å². The van der Waals surface area contributed by atoms with Crippen LogP contribution < -0.4 is 0 Å².